The molecular weight excluding hydrogens is 439 g/mol. The SMILES string of the molecule is COc1cc([C@@H](CC(=O)Nc2cccc(F)c2)N2Cc3ccccc3C2=O)cc(OC)c1OC. The van der Waals surface area contributed by atoms with Gasteiger partial charge >= 0.3 is 0 Å². The van der Waals surface area contributed by atoms with E-state index in [1.807, 2.05) is 18.2 Å². The highest BCUT2D eigenvalue weighted by atomic mass is 19.1. The van der Waals surface area contributed by atoms with Crippen LogP contribution in [0.1, 0.15) is 33.9 Å². The summed E-state index contributed by atoms with van der Waals surface area (Å²) >= 11 is 0. The summed E-state index contributed by atoms with van der Waals surface area (Å²) in [5.74, 6) is 0.242. The van der Waals surface area contributed by atoms with Crippen LogP contribution in [0.5, 0.6) is 17.2 Å². The van der Waals surface area contributed by atoms with Crippen molar-refractivity contribution in [1.82, 2.24) is 4.90 Å². The van der Waals surface area contributed by atoms with Gasteiger partial charge in [-0.3, -0.25) is 9.59 Å². The molecule has 0 aliphatic carbocycles. The minimum atomic E-state index is -0.637. The largest absolute Gasteiger partial charge is 0.493 e. The number of carbonyl (C=O) groups excluding carboxylic acids is 2. The molecule has 3 aromatic rings. The molecule has 0 spiro atoms. The van der Waals surface area contributed by atoms with Gasteiger partial charge in [0.15, 0.2) is 11.5 Å². The van der Waals surface area contributed by atoms with E-state index in [4.69, 9.17) is 14.2 Å². The fourth-order valence-corrected chi connectivity index (χ4v) is 4.18. The van der Waals surface area contributed by atoms with E-state index in [-0.39, 0.29) is 18.2 Å². The topological polar surface area (TPSA) is 77.1 Å². The molecule has 1 atom stereocenters. The first-order valence-corrected chi connectivity index (χ1v) is 10.7. The number of nitrogens with zero attached hydrogens (tertiary/aromatic N) is 1. The predicted octanol–water partition coefficient (Wildman–Crippen LogP) is 4.58. The second kappa shape index (κ2) is 9.82. The van der Waals surface area contributed by atoms with Crippen molar-refractivity contribution in [2.45, 2.75) is 19.0 Å². The van der Waals surface area contributed by atoms with Gasteiger partial charge in [-0.25, -0.2) is 4.39 Å². The Morgan fingerprint density at radius 3 is 2.32 bits per heavy atom. The number of methoxy groups -OCH3 is 3. The van der Waals surface area contributed by atoms with Crippen molar-refractivity contribution in [3.05, 3.63) is 83.2 Å². The highest BCUT2D eigenvalue weighted by molar-refractivity contribution is 5.99. The first kappa shape index (κ1) is 23.1. The van der Waals surface area contributed by atoms with E-state index in [1.165, 1.54) is 39.5 Å². The van der Waals surface area contributed by atoms with Gasteiger partial charge < -0.3 is 24.4 Å². The molecule has 4 rings (SSSR count). The number of fused-ring (bicyclic) bond motifs is 1. The van der Waals surface area contributed by atoms with Crippen molar-refractivity contribution in [2.24, 2.45) is 0 Å². The molecule has 0 saturated heterocycles. The Balaban J connectivity index is 1.72. The fourth-order valence-electron chi connectivity index (χ4n) is 4.18. The van der Waals surface area contributed by atoms with Crippen molar-refractivity contribution in [3.8, 4) is 17.2 Å². The number of hydrogen-bond acceptors (Lipinski definition) is 5. The van der Waals surface area contributed by atoms with Gasteiger partial charge in [0, 0.05) is 17.8 Å². The zero-order chi connectivity index (χ0) is 24.2. The Morgan fingerprint density at radius 2 is 1.71 bits per heavy atom. The standard InChI is InChI=1S/C26H25FN2O5/c1-32-22-11-17(12-23(33-2)25(22)34-3)21(14-24(30)28-19-9-6-8-18(27)13-19)29-15-16-7-4-5-10-20(16)26(29)31/h4-13,21H,14-15H2,1-3H3,(H,28,30)/t21-/m1/s1. The summed E-state index contributed by atoms with van der Waals surface area (Å²) in [7, 11) is 4.51. The van der Waals surface area contributed by atoms with Gasteiger partial charge in [-0.1, -0.05) is 24.3 Å². The Hall–Kier alpha value is -4.07. The molecule has 0 bridgehead atoms. The van der Waals surface area contributed by atoms with E-state index in [2.05, 4.69) is 5.32 Å². The van der Waals surface area contributed by atoms with Gasteiger partial charge in [0.2, 0.25) is 11.7 Å². The van der Waals surface area contributed by atoms with Crippen LogP contribution in [0.2, 0.25) is 0 Å². The average Bonchev–Trinajstić information content (AvgIpc) is 3.17. The zero-order valence-electron chi connectivity index (χ0n) is 19.1. The highest BCUT2D eigenvalue weighted by Crippen LogP contribution is 2.43. The Kier molecular flexibility index (Phi) is 6.67. The van der Waals surface area contributed by atoms with Crippen LogP contribution < -0.4 is 19.5 Å². The molecule has 0 fully saturated rings. The van der Waals surface area contributed by atoms with E-state index < -0.39 is 11.9 Å². The molecule has 0 unspecified atom stereocenters. The summed E-state index contributed by atoms with van der Waals surface area (Å²) in [5, 5.41) is 2.72. The van der Waals surface area contributed by atoms with Crippen molar-refractivity contribution in [2.75, 3.05) is 26.6 Å². The van der Waals surface area contributed by atoms with E-state index in [0.29, 0.717) is 40.6 Å². The molecule has 1 N–H and O–H groups in total. The molecule has 0 radical (unpaired) electrons. The van der Waals surface area contributed by atoms with E-state index in [0.717, 1.165) is 5.56 Å². The lowest BCUT2D eigenvalue weighted by molar-refractivity contribution is -0.117. The number of amides is 2. The van der Waals surface area contributed by atoms with Crippen LogP contribution in [0, 0.1) is 5.82 Å². The summed E-state index contributed by atoms with van der Waals surface area (Å²) in [4.78, 5) is 28.0. The lowest BCUT2D eigenvalue weighted by Crippen LogP contribution is -2.32. The number of hydrogen-bond donors (Lipinski definition) is 1. The van der Waals surface area contributed by atoms with Crippen molar-refractivity contribution in [3.63, 3.8) is 0 Å². The molecule has 8 heteroatoms. The zero-order valence-corrected chi connectivity index (χ0v) is 19.1. The lowest BCUT2D eigenvalue weighted by atomic mass is 10.00. The Labute approximate surface area is 197 Å². The molecule has 1 aliphatic heterocycles. The lowest BCUT2D eigenvalue weighted by Gasteiger charge is -2.29. The summed E-state index contributed by atoms with van der Waals surface area (Å²) in [6.07, 6.45) is -0.0606. The van der Waals surface area contributed by atoms with E-state index in [1.54, 1.807) is 29.2 Å². The highest BCUT2D eigenvalue weighted by Gasteiger charge is 2.35. The number of nitrogens with one attached hydrogen (secondary N) is 1. The van der Waals surface area contributed by atoms with Crippen LogP contribution in [0.3, 0.4) is 0 Å². The van der Waals surface area contributed by atoms with Crippen LogP contribution in [-0.2, 0) is 11.3 Å². The van der Waals surface area contributed by atoms with Gasteiger partial charge in [0.05, 0.1) is 33.8 Å². The molecule has 2 amide bonds. The minimum Gasteiger partial charge on any atom is -0.493 e. The average molecular weight is 464 g/mol. The summed E-state index contributed by atoms with van der Waals surface area (Å²) < 4.78 is 30.0. The predicted molar refractivity (Wildman–Crippen MR) is 125 cm³/mol. The molecule has 34 heavy (non-hydrogen) atoms. The fraction of sp³-hybridized carbons (Fsp3) is 0.231. The van der Waals surface area contributed by atoms with Gasteiger partial charge in [0.25, 0.3) is 5.91 Å². The molecule has 1 heterocycles. The maximum Gasteiger partial charge on any atom is 0.255 e. The van der Waals surface area contributed by atoms with Crippen molar-refractivity contribution in [1.29, 1.82) is 0 Å². The summed E-state index contributed by atoms with van der Waals surface area (Å²) in [6, 6.07) is 15.8. The van der Waals surface area contributed by atoms with Crippen LogP contribution in [0.4, 0.5) is 10.1 Å². The molecule has 3 aromatic carbocycles. The monoisotopic (exact) mass is 464 g/mol. The maximum absolute atomic E-state index is 13.6. The van der Waals surface area contributed by atoms with Crippen LogP contribution in [0.25, 0.3) is 0 Å². The van der Waals surface area contributed by atoms with Crippen LogP contribution in [-0.4, -0.2) is 38.0 Å². The van der Waals surface area contributed by atoms with Gasteiger partial charge in [-0.15, -0.1) is 0 Å². The number of ether oxygens (including phenoxy) is 3. The smallest absolute Gasteiger partial charge is 0.255 e. The Bertz CT molecular complexity index is 1200. The quantitative estimate of drug-likeness (QED) is 0.528. The first-order valence-electron chi connectivity index (χ1n) is 10.7. The Morgan fingerprint density at radius 1 is 1.00 bits per heavy atom. The second-order valence-electron chi connectivity index (χ2n) is 7.83. The van der Waals surface area contributed by atoms with Gasteiger partial charge in [0.1, 0.15) is 5.82 Å². The van der Waals surface area contributed by atoms with E-state index >= 15 is 0 Å². The number of rotatable bonds is 8. The van der Waals surface area contributed by atoms with Crippen LogP contribution >= 0.6 is 0 Å². The normalized spacial score (nSPS) is 13.3. The van der Waals surface area contributed by atoms with Crippen molar-refractivity contribution < 1.29 is 28.2 Å². The second-order valence-corrected chi connectivity index (χ2v) is 7.83. The van der Waals surface area contributed by atoms with E-state index in [9.17, 15) is 14.0 Å². The maximum atomic E-state index is 13.6. The molecule has 1 aliphatic rings. The molecule has 176 valence electrons. The van der Waals surface area contributed by atoms with Gasteiger partial charge in [-0.05, 0) is 47.5 Å². The summed E-state index contributed by atoms with van der Waals surface area (Å²) in [6.45, 7) is 0.351. The number of carbonyl (C=O) groups is 2. The minimum absolute atomic E-state index is 0.0606. The third kappa shape index (κ3) is 4.52. The first-order chi connectivity index (χ1) is 16.4. The number of halogens is 1. The molecule has 0 aromatic heterocycles. The molecule has 0 saturated carbocycles. The summed E-state index contributed by atoms with van der Waals surface area (Å²) in [5.41, 5.74) is 2.47. The molecule has 7 nitrogen and oxygen atoms in total. The third-order valence-electron chi connectivity index (χ3n) is 5.78. The van der Waals surface area contributed by atoms with Crippen LogP contribution in [0.15, 0.2) is 60.7 Å². The van der Waals surface area contributed by atoms with Crippen molar-refractivity contribution >= 4 is 17.5 Å². The third-order valence-corrected chi connectivity index (χ3v) is 5.78. The van der Waals surface area contributed by atoms with Gasteiger partial charge in [-0.2, -0.15) is 0 Å². The number of benzene rings is 3. The number of anilines is 1. The molecular formula is C26H25FN2O5.